The molecule has 0 radical (unpaired) electrons. The third-order valence-corrected chi connectivity index (χ3v) is 2.42. The Bertz CT molecular complexity index is 274. The van der Waals surface area contributed by atoms with Gasteiger partial charge in [-0.1, -0.05) is 0 Å². The summed E-state index contributed by atoms with van der Waals surface area (Å²) >= 11 is 0. The number of carbonyl (C=O) groups excluding carboxylic acids is 1. The zero-order chi connectivity index (χ0) is 11.1. The Balaban J connectivity index is 2.97. The predicted molar refractivity (Wildman–Crippen MR) is 48.6 cm³/mol. The molecule has 1 N–H and O–H groups in total. The van der Waals surface area contributed by atoms with Gasteiger partial charge in [-0.05, 0) is 20.8 Å². The largest absolute Gasteiger partial charge is 0.479 e. The fourth-order valence-corrected chi connectivity index (χ4v) is 2.01. The average Bonchev–Trinajstić information content (AvgIpc) is 2.20. The smallest absolute Gasteiger partial charge is 0.335 e. The minimum atomic E-state index is -1.03. The summed E-state index contributed by atoms with van der Waals surface area (Å²) < 4.78 is 5.30. The molecule has 0 aromatic rings. The molecule has 1 aliphatic heterocycles. The number of aliphatic carboxylic acids is 1. The van der Waals surface area contributed by atoms with E-state index in [2.05, 4.69) is 0 Å². The summed E-state index contributed by atoms with van der Waals surface area (Å²) in [7, 11) is 0. The molecule has 1 rings (SSSR count). The van der Waals surface area contributed by atoms with Crippen LogP contribution in [0, 0.1) is 0 Å². The molecule has 0 saturated carbocycles. The second kappa shape index (κ2) is 3.24. The van der Waals surface area contributed by atoms with Crippen molar-refractivity contribution in [1.82, 2.24) is 4.90 Å². The minimum Gasteiger partial charge on any atom is -0.479 e. The number of ether oxygens (including phenoxy) is 1. The van der Waals surface area contributed by atoms with Crippen molar-refractivity contribution < 1.29 is 19.4 Å². The first-order chi connectivity index (χ1) is 6.27. The maximum atomic E-state index is 11.3. The summed E-state index contributed by atoms with van der Waals surface area (Å²) in [6.45, 7) is 6.46. The van der Waals surface area contributed by atoms with Crippen LogP contribution >= 0.6 is 0 Å². The highest BCUT2D eigenvalue weighted by Crippen LogP contribution is 2.31. The lowest BCUT2D eigenvalue weighted by atomic mass is 10.1. The summed E-state index contributed by atoms with van der Waals surface area (Å²) in [6, 6.07) is -0.431. The van der Waals surface area contributed by atoms with Crippen molar-refractivity contribution in [2.45, 2.75) is 45.6 Å². The SMILES string of the molecule is CC(=O)N1C(C)C(C(=O)O)OC1(C)C. The molecule has 14 heavy (non-hydrogen) atoms. The third-order valence-electron chi connectivity index (χ3n) is 2.42. The number of carbonyl (C=O) groups is 2. The Labute approximate surface area is 82.6 Å². The van der Waals surface area contributed by atoms with Crippen LogP contribution in [0.4, 0.5) is 0 Å². The van der Waals surface area contributed by atoms with Crippen molar-refractivity contribution in [3.8, 4) is 0 Å². The quantitative estimate of drug-likeness (QED) is 0.668. The van der Waals surface area contributed by atoms with Crippen LogP contribution in [0.3, 0.4) is 0 Å². The normalized spacial score (nSPS) is 30.4. The number of nitrogens with zero attached hydrogens (tertiary/aromatic N) is 1. The van der Waals surface area contributed by atoms with Gasteiger partial charge in [0.2, 0.25) is 5.91 Å². The van der Waals surface area contributed by atoms with Crippen molar-refractivity contribution in [3.63, 3.8) is 0 Å². The molecule has 0 bridgehead atoms. The van der Waals surface area contributed by atoms with E-state index < -0.39 is 23.8 Å². The molecule has 1 fully saturated rings. The van der Waals surface area contributed by atoms with Crippen molar-refractivity contribution in [2.75, 3.05) is 0 Å². The molecule has 0 aromatic carbocycles. The van der Waals surface area contributed by atoms with Crippen LogP contribution in [-0.2, 0) is 14.3 Å². The summed E-state index contributed by atoms with van der Waals surface area (Å²) in [5.41, 5.74) is -0.839. The molecule has 2 atom stereocenters. The van der Waals surface area contributed by atoms with E-state index in [-0.39, 0.29) is 5.91 Å². The molecule has 0 spiro atoms. The summed E-state index contributed by atoms with van der Waals surface area (Å²) in [5, 5.41) is 8.85. The van der Waals surface area contributed by atoms with E-state index >= 15 is 0 Å². The second-order valence-electron chi connectivity index (χ2n) is 3.95. The molecule has 1 aliphatic rings. The molecule has 2 unspecified atom stereocenters. The number of rotatable bonds is 1. The summed E-state index contributed by atoms with van der Waals surface area (Å²) in [4.78, 5) is 23.5. The topological polar surface area (TPSA) is 66.8 Å². The van der Waals surface area contributed by atoms with Crippen LogP contribution in [0.25, 0.3) is 0 Å². The van der Waals surface area contributed by atoms with Gasteiger partial charge in [-0.25, -0.2) is 4.79 Å². The van der Waals surface area contributed by atoms with Crippen LogP contribution in [0.2, 0.25) is 0 Å². The Kier molecular flexibility index (Phi) is 2.54. The average molecular weight is 201 g/mol. The van der Waals surface area contributed by atoms with E-state index in [1.54, 1.807) is 20.8 Å². The number of carboxylic acid groups (broad SMARTS) is 1. The van der Waals surface area contributed by atoms with Gasteiger partial charge in [-0.3, -0.25) is 4.79 Å². The van der Waals surface area contributed by atoms with Gasteiger partial charge in [-0.2, -0.15) is 0 Å². The first kappa shape index (κ1) is 11.0. The fourth-order valence-electron chi connectivity index (χ4n) is 2.01. The van der Waals surface area contributed by atoms with Gasteiger partial charge in [0.25, 0.3) is 0 Å². The van der Waals surface area contributed by atoms with Crippen LogP contribution in [0.15, 0.2) is 0 Å². The van der Waals surface area contributed by atoms with Gasteiger partial charge in [0.15, 0.2) is 6.10 Å². The molecular formula is C9H15NO4. The molecule has 1 heterocycles. The molecule has 1 amide bonds. The third kappa shape index (κ3) is 1.59. The van der Waals surface area contributed by atoms with Gasteiger partial charge in [0.05, 0.1) is 6.04 Å². The van der Waals surface area contributed by atoms with Crippen molar-refractivity contribution in [2.24, 2.45) is 0 Å². The second-order valence-corrected chi connectivity index (χ2v) is 3.95. The van der Waals surface area contributed by atoms with Crippen LogP contribution in [-0.4, -0.2) is 39.8 Å². The number of carboxylic acids is 1. The molecule has 5 nitrogen and oxygen atoms in total. The summed E-state index contributed by atoms with van der Waals surface area (Å²) in [6.07, 6.45) is -0.936. The van der Waals surface area contributed by atoms with E-state index in [0.29, 0.717) is 0 Å². The van der Waals surface area contributed by atoms with E-state index in [1.165, 1.54) is 11.8 Å². The maximum absolute atomic E-state index is 11.3. The van der Waals surface area contributed by atoms with Crippen molar-refractivity contribution in [1.29, 1.82) is 0 Å². The number of amides is 1. The van der Waals surface area contributed by atoms with Crippen molar-refractivity contribution >= 4 is 11.9 Å². The Morgan fingerprint density at radius 3 is 2.14 bits per heavy atom. The van der Waals surface area contributed by atoms with Gasteiger partial charge in [-0.15, -0.1) is 0 Å². The Hall–Kier alpha value is -1.10. The zero-order valence-corrected chi connectivity index (χ0v) is 8.77. The lowest BCUT2D eigenvalue weighted by Gasteiger charge is -2.31. The van der Waals surface area contributed by atoms with Crippen LogP contribution < -0.4 is 0 Å². The van der Waals surface area contributed by atoms with Crippen LogP contribution in [0.1, 0.15) is 27.7 Å². The molecular weight excluding hydrogens is 186 g/mol. The maximum Gasteiger partial charge on any atom is 0.335 e. The van der Waals surface area contributed by atoms with E-state index in [4.69, 9.17) is 9.84 Å². The van der Waals surface area contributed by atoms with E-state index in [1.807, 2.05) is 0 Å². The molecule has 0 aliphatic carbocycles. The predicted octanol–water partition coefficient (Wildman–Crippen LogP) is 0.443. The first-order valence-electron chi connectivity index (χ1n) is 4.48. The van der Waals surface area contributed by atoms with Gasteiger partial charge >= 0.3 is 5.97 Å². The highest BCUT2D eigenvalue weighted by Gasteiger charge is 2.49. The van der Waals surface area contributed by atoms with Gasteiger partial charge in [0, 0.05) is 6.92 Å². The summed E-state index contributed by atoms with van der Waals surface area (Å²) in [5.74, 6) is -1.21. The highest BCUT2D eigenvalue weighted by molar-refractivity contribution is 5.79. The van der Waals surface area contributed by atoms with Gasteiger partial charge < -0.3 is 14.7 Å². The molecule has 0 aromatic heterocycles. The standard InChI is InChI=1S/C9H15NO4/c1-5-7(8(12)13)14-9(3,4)10(5)6(2)11/h5,7H,1-4H3,(H,12,13). The lowest BCUT2D eigenvalue weighted by Crippen LogP contribution is -2.46. The molecule has 1 saturated heterocycles. The highest BCUT2D eigenvalue weighted by atomic mass is 16.6. The minimum absolute atomic E-state index is 0.175. The fraction of sp³-hybridized carbons (Fsp3) is 0.778. The molecule has 5 heteroatoms. The number of hydrogen-bond acceptors (Lipinski definition) is 3. The number of hydrogen-bond donors (Lipinski definition) is 1. The zero-order valence-electron chi connectivity index (χ0n) is 8.77. The lowest BCUT2D eigenvalue weighted by molar-refractivity contribution is -0.158. The van der Waals surface area contributed by atoms with Crippen molar-refractivity contribution in [3.05, 3.63) is 0 Å². The van der Waals surface area contributed by atoms with Gasteiger partial charge in [0.1, 0.15) is 5.72 Å². The van der Waals surface area contributed by atoms with E-state index in [9.17, 15) is 9.59 Å². The van der Waals surface area contributed by atoms with Crippen LogP contribution in [0.5, 0.6) is 0 Å². The molecule has 80 valence electrons. The Morgan fingerprint density at radius 1 is 1.43 bits per heavy atom. The first-order valence-corrected chi connectivity index (χ1v) is 4.48. The Morgan fingerprint density at radius 2 is 1.93 bits per heavy atom. The van der Waals surface area contributed by atoms with E-state index in [0.717, 1.165) is 0 Å². The monoisotopic (exact) mass is 201 g/mol.